The Morgan fingerprint density at radius 3 is 2.68 bits per heavy atom. The summed E-state index contributed by atoms with van der Waals surface area (Å²) >= 11 is 0. The molecule has 6 nitrogen and oxygen atoms in total. The third-order valence-electron chi connectivity index (χ3n) is 4.74. The molecule has 1 N–H and O–H groups in total. The van der Waals surface area contributed by atoms with Gasteiger partial charge in [0, 0.05) is 12.5 Å². The Balaban J connectivity index is 1.69. The zero-order valence-electron chi connectivity index (χ0n) is 15.9. The lowest BCUT2D eigenvalue weighted by Crippen LogP contribution is -2.35. The highest BCUT2D eigenvalue weighted by atomic mass is 16.5. The average molecular weight is 381 g/mol. The average Bonchev–Trinajstić information content (AvgIpc) is 2.72. The second-order valence-corrected chi connectivity index (χ2v) is 6.83. The number of fused-ring (bicyclic) bond motifs is 1. The Bertz CT molecular complexity index is 878. The summed E-state index contributed by atoms with van der Waals surface area (Å²) in [5, 5.41) is 2.74. The maximum absolute atomic E-state index is 12.3. The highest BCUT2D eigenvalue weighted by Gasteiger charge is 2.28. The minimum absolute atomic E-state index is 0.0240. The molecule has 0 bridgehead atoms. The van der Waals surface area contributed by atoms with Crippen LogP contribution in [0.25, 0.3) is 0 Å². The highest BCUT2D eigenvalue weighted by Crippen LogP contribution is 2.31. The number of carbonyl (C=O) groups excluding carboxylic acids is 3. The molecule has 146 valence electrons. The van der Waals surface area contributed by atoms with E-state index in [0.29, 0.717) is 17.5 Å². The van der Waals surface area contributed by atoms with Crippen LogP contribution >= 0.6 is 0 Å². The van der Waals surface area contributed by atoms with Gasteiger partial charge in [-0.05, 0) is 42.7 Å². The van der Waals surface area contributed by atoms with Crippen LogP contribution in [0.15, 0.2) is 48.5 Å². The minimum atomic E-state index is -0.600. The lowest BCUT2D eigenvalue weighted by Gasteiger charge is -2.25. The van der Waals surface area contributed by atoms with Crippen molar-refractivity contribution in [2.75, 3.05) is 6.61 Å². The van der Waals surface area contributed by atoms with E-state index in [1.54, 1.807) is 12.1 Å². The number of rotatable bonds is 6. The Labute approximate surface area is 163 Å². The molecule has 2 atom stereocenters. The van der Waals surface area contributed by atoms with Gasteiger partial charge in [0.15, 0.2) is 6.61 Å². The van der Waals surface area contributed by atoms with Crippen LogP contribution in [0.1, 0.15) is 58.2 Å². The number of esters is 2. The van der Waals surface area contributed by atoms with E-state index < -0.39 is 18.0 Å². The van der Waals surface area contributed by atoms with E-state index in [1.807, 2.05) is 44.2 Å². The molecule has 0 aliphatic carbocycles. The number of cyclic esters (lactones) is 1. The third kappa shape index (κ3) is 4.57. The molecule has 2 aromatic rings. The number of benzene rings is 2. The van der Waals surface area contributed by atoms with Crippen LogP contribution in [-0.4, -0.2) is 30.5 Å². The summed E-state index contributed by atoms with van der Waals surface area (Å²) in [5.41, 5.74) is 2.37. The summed E-state index contributed by atoms with van der Waals surface area (Å²) < 4.78 is 10.6. The van der Waals surface area contributed by atoms with Crippen molar-refractivity contribution in [3.8, 4) is 0 Å². The van der Waals surface area contributed by atoms with Gasteiger partial charge in [-0.15, -0.1) is 0 Å². The summed E-state index contributed by atoms with van der Waals surface area (Å²) in [6, 6.07) is 14.2. The summed E-state index contributed by atoms with van der Waals surface area (Å²) in [6.45, 7) is 3.50. The molecule has 0 radical (unpaired) electrons. The molecule has 1 aliphatic heterocycles. The van der Waals surface area contributed by atoms with Gasteiger partial charge in [-0.2, -0.15) is 0 Å². The van der Waals surface area contributed by atoms with Crippen molar-refractivity contribution in [3.63, 3.8) is 0 Å². The van der Waals surface area contributed by atoms with Crippen LogP contribution in [0, 0.1) is 0 Å². The number of hydrogen-bond donors (Lipinski definition) is 1. The Hall–Kier alpha value is -3.15. The van der Waals surface area contributed by atoms with Crippen molar-refractivity contribution in [1.29, 1.82) is 0 Å². The van der Waals surface area contributed by atoms with Crippen LogP contribution < -0.4 is 5.32 Å². The first-order chi connectivity index (χ1) is 13.5. The van der Waals surface area contributed by atoms with Gasteiger partial charge in [-0.25, -0.2) is 9.59 Å². The van der Waals surface area contributed by atoms with Crippen molar-refractivity contribution in [1.82, 2.24) is 5.32 Å². The number of carbonyl (C=O) groups is 3. The molecule has 0 unspecified atom stereocenters. The van der Waals surface area contributed by atoms with Crippen molar-refractivity contribution in [2.45, 2.75) is 38.8 Å². The second-order valence-electron chi connectivity index (χ2n) is 6.83. The predicted molar refractivity (Wildman–Crippen MR) is 103 cm³/mol. The molecular formula is C22H23NO5. The Morgan fingerprint density at radius 1 is 1.21 bits per heavy atom. The first-order valence-corrected chi connectivity index (χ1v) is 9.33. The molecule has 3 rings (SSSR count). The van der Waals surface area contributed by atoms with Gasteiger partial charge >= 0.3 is 11.9 Å². The quantitative estimate of drug-likeness (QED) is 0.777. The van der Waals surface area contributed by atoms with E-state index >= 15 is 0 Å². The van der Waals surface area contributed by atoms with Gasteiger partial charge < -0.3 is 14.8 Å². The Morgan fingerprint density at radius 2 is 1.96 bits per heavy atom. The molecule has 2 aromatic carbocycles. The summed E-state index contributed by atoms with van der Waals surface area (Å²) in [4.78, 5) is 36.4. The molecule has 1 amide bonds. The molecule has 6 heteroatoms. The van der Waals surface area contributed by atoms with Crippen molar-refractivity contribution in [2.24, 2.45) is 0 Å². The zero-order valence-corrected chi connectivity index (χ0v) is 15.9. The van der Waals surface area contributed by atoms with E-state index in [9.17, 15) is 14.4 Å². The SMILES string of the molecule is CC[C@H](C)NC(=O)COC(=O)c1ccc2c(c1)C[C@@H](c1ccccc1)OC2=O. The lowest BCUT2D eigenvalue weighted by molar-refractivity contribution is -0.124. The molecule has 1 aliphatic rings. The maximum atomic E-state index is 12.3. The van der Waals surface area contributed by atoms with E-state index in [0.717, 1.165) is 17.5 Å². The van der Waals surface area contributed by atoms with Crippen LogP contribution in [0.4, 0.5) is 0 Å². The molecule has 0 saturated carbocycles. The van der Waals surface area contributed by atoms with Gasteiger partial charge in [0.1, 0.15) is 6.10 Å². The standard InChI is InChI=1S/C22H23NO5/c1-3-14(2)23-20(24)13-27-21(25)16-9-10-18-17(11-16)12-19(28-22(18)26)15-7-5-4-6-8-15/h4-11,14,19H,3,12-13H2,1-2H3,(H,23,24)/t14-,19-/m0/s1. The fourth-order valence-corrected chi connectivity index (χ4v) is 3.01. The largest absolute Gasteiger partial charge is 0.454 e. The van der Waals surface area contributed by atoms with E-state index in [1.165, 1.54) is 6.07 Å². The van der Waals surface area contributed by atoms with Gasteiger partial charge in [0.2, 0.25) is 0 Å². The highest BCUT2D eigenvalue weighted by molar-refractivity contribution is 5.96. The number of hydrogen-bond acceptors (Lipinski definition) is 5. The van der Waals surface area contributed by atoms with Gasteiger partial charge in [0.05, 0.1) is 11.1 Å². The summed E-state index contributed by atoms with van der Waals surface area (Å²) in [6.07, 6.45) is 0.873. The lowest BCUT2D eigenvalue weighted by atomic mass is 9.93. The van der Waals surface area contributed by atoms with E-state index in [2.05, 4.69) is 5.32 Å². The Kier molecular flexibility index (Phi) is 6.09. The van der Waals surface area contributed by atoms with Crippen LogP contribution in [0.3, 0.4) is 0 Å². The van der Waals surface area contributed by atoms with Gasteiger partial charge in [-0.1, -0.05) is 37.3 Å². The maximum Gasteiger partial charge on any atom is 0.339 e. The smallest absolute Gasteiger partial charge is 0.339 e. The molecule has 0 spiro atoms. The van der Waals surface area contributed by atoms with Crippen LogP contribution in [0.5, 0.6) is 0 Å². The van der Waals surface area contributed by atoms with Crippen LogP contribution in [0.2, 0.25) is 0 Å². The first-order valence-electron chi connectivity index (χ1n) is 9.33. The molecule has 0 aromatic heterocycles. The minimum Gasteiger partial charge on any atom is -0.454 e. The van der Waals surface area contributed by atoms with E-state index in [-0.39, 0.29) is 18.6 Å². The number of amides is 1. The third-order valence-corrected chi connectivity index (χ3v) is 4.74. The summed E-state index contributed by atoms with van der Waals surface area (Å²) in [7, 11) is 0. The molecule has 0 saturated heterocycles. The monoisotopic (exact) mass is 381 g/mol. The van der Waals surface area contributed by atoms with Crippen molar-refractivity contribution >= 4 is 17.8 Å². The second kappa shape index (κ2) is 8.69. The number of nitrogens with one attached hydrogen (secondary N) is 1. The van der Waals surface area contributed by atoms with E-state index in [4.69, 9.17) is 9.47 Å². The van der Waals surface area contributed by atoms with Crippen LogP contribution in [-0.2, 0) is 20.7 Å². The zero-order chi connectivity index (χ0) is 20.1. The summed E-state index contributed by atoms with van der Waals surface area (Å²) in [5.74, 6) is -1.35. The molecular weight excluding hydrogens is 358 g/mol. The molecule has 1 heterocycles. The van der Waals surface area contributed by atoms with Gasteiger partial charge in [-0.3, -0.25) is 4.79 Å². The first kappa shape index (κ1) is 19.6. The fourth-order valence-electron chi connectivity index (χ4n) is 3.01. The van der Waals surface area contributed by atoms with Gasteiger partial charge in [0.25, 0.3) is 5.91 Å². The fraction of sp³-hybridized carbons (Fsp3) is 0.318. The number of ether oxygens (including phenoxy) is 2. The van der Waals surface area contributed by atoms with Crippen molar-refractivity contribution in [3.05, 3.63) is 70.8 Å². The topological polar surface area (TPSA) is 81.7 Å². The molecule has 28 heavy (non-hydrogen) atoms. The molecule has 0 fully saturated rings. The normalized spacial score (nSPS) is 16.5. The van der Waals surface area contributed by atoms with Crippen molar-refractivity contribution < 1.29 is 23.9 Å². The predicted octanol–water partition coefficient (Wildman–Crippen LogP) is 3.21.